The highest BCUT2D eigenvalue weighted by Gasteiger charge is 2.34. The molecule has 0 amide bonds. The van der Waals surface area contributed by atoms with Crippen LogP contribution < -0.4 is 15.1 Å². The van der Waals surface area contributed by atoms with Crippen LogP contribution in [0.5, 0.6) is 0 Å². The lowest BCUT2D eigenvalue weighted by Crippen LogP contribution is -2.28. The van der Waals surface area contributed by atoms with Gasteiger partial charge in [-0.2, -0.15) is 0 Å². The van der Waals surface area contributed by atoms with Crippen LogP contribution in [0.1, 0.15) is 62.7 Å². The van der Waals surface area contributed by atoms with Crippen molar-refractivity contribution in [3.05, 3.63) is 47.4 Å². The van der Waals surface area contributed by atoms with Crippen LogP contribution >= 0.6 is 0 Å². The molecule has 1 saturated heterocycles. The van der Waals surface area contributed by atoms with E-state index >= 15 is 0 Å². The molecule has 0 bridgehead atoms. The minimum Gasteiger partial charge on any atom is -0.369 e. The number of aliphatic hydroxyl groups is 1. The zero-order chi connectivity index (χ0) is 23.1. The molecule has 9 heteroatoms. The molecule has 174 valence electrons. The largest absolute Gasteiger partial charge is 0.369 e. The lowest BCUT2D eigenvalue weighted by molar-refractivity contribution is 0.181. The van der Waals surface area contributed by atoms with Gasteiger partial charge in [-0.3, -0.25) is 0 Å². The molecule has 9 nitrogen and oxygen atoms in total. The maximum Gasteiger partial charge on any atom is 0.182 e. The molecular weight excluding hydrogens is 416 g/mol. The van der Waals surface area contributed by atoms with Crippen LogP contribution in [0.15, 0.2) is 30.6 Å². The topological polar surface area (TPSA) is 95.2 Å². The molecule has 3 aromatic rings. The van der Waals surface area contributed by atoms with E-state index in [-0.39, 0.29) is 6.04 Å². The molecule has 0 spiro atoms. The maximum absolute atomic E-state index is 11.4. The number of aliphatic hydroxyl groups excluding tert-OH is 1. The van der Waals surface area contributed by atoms with Crippen molar-refractivity contribution >= 4 is 11.6 Å². The van der Waals surface area contributed by atoms with E-state index in [9.17, 15) is 5.11 Å². The van der Waals surface area contributed by atoms with Crippen molar-refractivity contribution in [2.24, 2.45) is 0 Å². The van der Waals surface area contributed by atoms with Crippen molar-refractivity contribution in [3.8, 4) is 11.5 Å². The molecule has 33 heavy (non-hydrogen) atoms. The Morgan fingerprint density at radius 1 is 1.18 bits per heavy atom. The van der Waals surface area contributed by atoms with Gasteiger partial charge < -0.3 is 24.8 Å². The van der Waals surface area contributed by atoms with E-state index in [4.69, 9.17) is 9.97 Å². The normalized spacial score (nSPS) is 20.2. The first-order valence-corrected chi connectivity index (χ1v) is 11.7. The van der Waals surface area contributed by atoms with Gasteiger partial charge in [0.1, 0.15) is 23.7 Å². The lowest BCUT2D eigenvalue weighted by atomic mass is 10.1. The zero-order valence-corrected chi connectivity index (χ0v) is 19.7. The quantitative estimate of drug-likeness (QED) is 0.594. The minimum atomic E-state index is -0.777. The van der Waals surface area contributed by atoms with Gasteiger partial charge in [-0.1, -0.05) is 6.07 Å². The second kappa shape index (κ2) is 8.72. The number of hydrogen-bond acceptors (Lipinski definition) is 8. The molecule has 2 N–H and O–H groups in total. The molecule has 1 fully saturated rings. The van der Waals surface area contributed by atoms with E-state index in [0.29, 0.717) is 24.9 Å². The predicted molar refractivity (Wildman–Crippen MR) is 128 cm³/mol. The molecule has 0 aromatic carbocycles. The Morgan fingerprint density at radius 2 is 2.03 bits per heavy atom. The van der Waals surface area contributed by atoms with Crippen LogP contribution in [-0.4, -0.2) is 49.5 Å². The summed E-state index contributed by atoms with van der Waals surface area (Å²) < 4.78 is 2.00. The predicted octanol–water partition coefficient (Wildman–Crippen LogP) is 3.04. The van der Waals surface area contributed by atoms with Gasteiger partial charge in [-0.15, -0.1) is 10.2 Å². The third kappa shape index (κ3) is 3.85. The van der Waals surface area contributed by atoms with Gasteiger partial charge in [-0.25, -0.2) is 9.97 Å². The number of rotatable bonds is 6. The Labute approximate surface area is 194 Å². The fourth-order valence-corrected chi connectivity index (χ4v) is 4.92. The van der Waals surface area contributed by atoms with Crippen LogP contribution in [0.4, 0.5) is 11.6 Å². The minimum absolute atomic E-state index is 0.226. The van der Waals surface area contributed by atoms with E-state index in [2.05, 4.69) is 47.3 Å². The van der Waals surface area contributed by atoms with Crippen LogP contribution in [0.25, 0.3) is 11.5 Å². The first-order valence-electron chi connectivity index (χ1n) is 11.7. The van der Waals surface area contributed by atoms with Crippen molar-refractivity contribution in [1.82, 2.24) is 30.0 Å². The third-order valence-electron chi connectivity index (χ3n) is 6.71. The van der Waals surface area contributed by atoms with Gasteiger partial charge in [-0.05, 0) is 58.9 Å². The summed E-state index contributed by atoms with van der Waals surface area (Å²) in [5.41, 5.74) is 3.72. The molecule has 0 radical (unpaired) electrons. The molecule has 2 aliphatic rings. The van der Waals surface area contributed by atoms with Crippen molar-refractivity contribution in [1.29, 1.82) is 0 Å². The number of fused-ring (bicyclic) bond motifs is 1. The summed E-state index contributed by atoms with van der Waals surface area (Å²) in [6, 6.07) is 8.58. The highest BCUT2D eigenvalue weighted by Crippen LogP contribution is 2.39. The number of hydrogen-bond donors (Lipinski definition) is 2. The zero-order valence-electron chi connectivity index (χ0n) is 19.7. The summed E-state index contributed by atoms with van der Waals surface area (Å²) in [7, 11) is 1.93. The van der Waals surface area contributed by atoms with Crippen LogP contribution in [0, 0.1) is 0 Å². The van der Waals surface area contributed by atoms with Crippen molar-refractivity contribution in [2.75, 3.05) is 23.4 Å². The molecule has 1 unspecified atom stereocenters. The molecule has 0 saturated carbocycles. The number of aromatic nitrogens is 5. The Hall–Kier alpha value is -3.04. The lowest BCUT2D eigenvalue weighted by Gasteiger charge is -2.25. The fraction of sp³-hybridized carbons (Fsp3) is 0.500. The summed E-state index contributed by atoms with van der Waals surface area (Å²) in [5.74, 6) is 2.39. The van der Waals surface area contributed by atoms with Gasteiger partial charge in [0.2, 0.25) is 0 Å². The third-order valence-corrected chi connectivity index (χ3v) is 6.71. The maximum atomic E-state index is 11.4. The highest BCUT2D eigenvalue weighted by atomic mass is 16.3. The van der Waals surface area contributed by atoms with Gasteiger partial charge in [0.25, 0.3) is 0 Å². The molecule has 2 aliphatic heterocycles. The second-order valence-electron chi connectivity index (χ2n) is 9.25. The SMILES string of the molecule is CNCc1nc(N2CCC[C@H]2C)cc2c1CN(c1cccc(-c3nncn3C(C)C)n1)C2O. The second-order valence-corrected chi connectivity index (χ2v) is 9.25. The number of nitrogens with one attached hydrogen (secondary N) is 1. The van der Waals surface area contributed by atoms with Gasteiger partial charge in [0.05, 0.1) is 5.69 Å². The first kappa shape index (κ1) is 21.8. The highest BCUT2D eigenvalue weighted by molar-refractivity contribution is 5.59. The molecular formula is C24H32N8O. The Balaban J connectivity index is 1.50. The summed E-state index contributed by atoms with van der Waals surface area (Å²) in [5, 5.41) is 23.0. The Morgan fingerprint density at radius 3 is 2.76 bits per heavy atom. The molecule has 3 aromatic heterocycles. The van der Waals surface area contributed by atoms with Crippen LogP contribution in [-0.2, 0) is 13.1 Å². The van der Waals surface area contributed by atoms with Crippen molar-refractivity contribution < 1.29 is 5.11 Å². The standard InChI is InChI=1S/C24H32N8O/c1-15(2)32-14-26-29-23(32)19-8-5-9-21(27-19)31-13-18-17(24(31)33)11-22(28-20(18)12-25-4)30-10-6-7-16(30)3/h5,8-9,11,14-16,24-25,33H,6-7,10,12-13H2,1-4H3/t16-,24?/m1/s1. The molecule has 2 atom stereocenters. The molecule has 5 rings (SSSR count). The van der Waals surface area contributed by atoms with Gasteiger partial charge in [0, 0.05) is 42.8 Å². The van der Waals surface area contributed by atoms with E-state index in [0.717, 1.165) is 40.7 Å². The van der Waals surface area contributed by atoms with Crippen molar-refractivity contribution in [3.63, 3.8) is 0 Å². The van der Waals surface area contributed by atoms with Gasteiger partial charge in [0.15, 0.2) is 12.1 Å². The number of nitrogens with zero attached hydrogens (tertiary/aromatic N) is 7. The fourth-order valence-electron chi connectivity index (χ4n) is 4.92. The summed E-state index contributed by atoms with van der Waals surface area (Å²) in [6.45, 7) is 8.65. The van der Waals surface area contributed by atoms with Crippen LogP contribution in [0.3, 0.4) is 0 Å². The Kier molecular flexibility index (Phi) is 5.76. The number of pyridine rings is 2. The monoisotopic (exact) mass is 448 g/mol. The average molecular weight is 449 g/mol. The molecule has 5 heterocycles. The van der Waals surface area contributed by atoms with E-state index < -0.39 is 6.23 Å². The molecule has 0 aliphatic carbocycles. The van der Waals surface area contributed by atoms with Crippen molar-refractivity contribution in [2.45, 2.75) is 65.0 Å². The number of anilines is 2. The van der Waals surface area contributed by atoms with E-state index in [1.54, 1.807) is 6.33 Å². The average Bonchev–Trinajstić information content (AvgIpc) is 3.53. The van der Waals surface area contributed by atoms with Gasteiger partial charge >= 0.3 is 0 Å². The summed E-state index contributed by atoms with van der Waals surface area (Å²) in [4.78, 5) is 14.1. The first-order chi connectivity index (χ1) is 16.0. The summed E-state index contributed by atoms with van der Waals surface area (Å²) >= 11 is 0. The Bertz CT molecular complexity index is 1140. The van der Waals surface area contributed by atoms with E-state index in [1.165, 1.54) is 12.8 Å². The summed E-state index contributed by atoms with van der Waals surface area (Å²) in [6.07, 6.45) is 3.30. The smallest absolute Gasteiger partial charge is 0.182 e. The van der Waals surface area contributed by atoms with Crippen LogP contribution in [0.2, 0.25) is 0 Å². The van der Waals surface area contributed by atoms with E-state index in [1.807, 2.05) is 34.7 Å².